The zero-order valence-electron chi connectivity index (χ0n) is 14.5. The lowest BCUT2D eigenvalue weighted by Crippen LogP contribution is -2.62. The summed E-state index contributed by atoms with van der Waals surface area (Å²) in [5, 5.41) is 9.40. The van der Waals surface area contributed by atoms with Gasteiger partial charge in [-0.1, -0.05) is 19.1 Å². The van der Waals surface area contributed by atoms with Crippen molar-refractivity contribution in [3.8, 4) is 6.07 Å². The van der Waals surface area contributed by atoms with Crippen LogP contribution in [0.4, 0.5) is 18.9 Å². The Hall–Kier alpha value is -2.01. The van der Waals surface area contributed by atoms with Crippen LogP contribution < -0.4 is 0 Å². The molecule has 0 aliphatic heterocycles. The average Bonchev–Trinajstić information content (AvgIpc) is 2.60. The van der Waals surface area contributed by atoms with Crippen molar-refractivity contribution in [2.45, 2.75) is 64.5 Å². The Morgan fingerprint density at radius 2 is 1.92 bits per heavy atom. The minimum Gasteiger partial charge on any atom is -0.240 e. The summed E-state index contributed by atoms with van der Waals surface area (Å²) >= 11 is 0. The highest BCUT2D eigenvalue weighted by Gasteiger charge is 2.69. The third kappa shape index (κ3) is 2.44. The van der Waals surface area contributed by atoms with Gasteiger partial charge in [0, 0.05) is 10.8 Å². The van der Waals surface area contributed by atoms with Gasteiger partial charge in [-0.3, -0.25) is 0 Å². The number of nitriles is 1. The van der Waals surface area contributed by atoms with Crippen molar-refractivity contribution in [3.63, 3.8) is 0 Å². The molecule has 0 radical (unpaired) electrons. The molecule has 2 nitrogen and oxygen atoms in total. The maximum absolute atomic E-state index is 14.8. The number of halogens is 3. The number of alkyl halides is 3. The molecule has 3 fully saturated rings. The number of rotatable bonds is 3. The highest BCUT2D eigenvalue weighted by molar-refractivity contribution is 5.66. The highest BCUT2D eigenvalue weighted by atomic mass is 19.3. The fourth-order valence-corrected chi connectivity index (χ4v) is 4.55. The summed E-state index contributed by atoms with van der Waals surface area (Å²) in [6.45, 7) is 10.5. The van der Waals surface area contributed by atoms with Crippen molar-refractivity contribution in [2.24, 2.45) is 10.8 Å². The summed E-state index contributed by atoms with van der Waals surface area (Å²) in [4.78, 5) is 3.42. The van der Waals surface area contributed by atoms with Crippen molar-refractivity contribution in [2.75, 3.05) is 0 Å². The van der Waals surface area contributed by atoms with Crippen LogP contribution in [0.15, 0.2) is 12.1 Å². The molecular weight excluding hydrogens is 325 g/mol. The number of benzene rings is 1. The van der Waals surface area contributed by atoms with Gasteiger partial charge in [0.2, 0.25) is 5.69 Å². The molecule has 1 aromatic rings. The van der Waals surface area contributed by atoms with E-state index < -0.39 is 22.9 Å². The minimum atomic E-state index is -3.30. The molecule has 0 heterocycles. The van der Waals surface area contributed by atoms with E-state index in [1.54, 1.807) is 19.1 Å². The van der Waals surface area contributed by atoms with E-state index in [1.807, 2.05) is 0 Å². The Bertz CT molecular complexity index is 777. The first-order valence-electron chi connectivity index (χ1n) is 8.63. The van der Waals surface area contributed by atoms with E-state index >= 15 is 0 Å². The summed E-state index contributed by atoms with van der Waals surface area (Å²) < 4.78 is 43.8. The van der Waals surface area contributed by atoms with Crippen LogP contribution >= 0.6 is 0 Å². The minimum absolute atomic E-state index is 0.287. The van der Waals surface area contributed by atoms with Gasteiger partial charge in [0.05, 0.1) is 18.2 Å². The molecule has 0 amide bonds. The Kier molecular flexibility index (Phi) is 4.11. The van der Waals surface area contributed by atoms with E-state index in [2.05, 4.69) is 10.9 Å². The monoisotopic (exact) mass is 346 g/mol. The predicted molar refractivity (Wildman–Crippen MR) is 89.3 cm³/mol. The molecule has 1 atom stereocenters. The van der Waals surface area contributed by atoms with Crippen molar-refractivity contribution in [3.05, 3.63) is 40.2 Å². The number of aryl methyl sites for hydroxylation is 2. The van der Waals surface area contributed by atoms with Crippen LogP contribution in [-0.4, -0.2) is 12.1 Å². The topological polar surface area (TPSA) is 28.1 Å². The summed E-state index contributed by atoms with van der Waals surface area (Å²) in [6.07, 6.45) is 0.101. The average molecular weight is 346 g/mol. The van der Waals surface area contributed by atoms with E-state index in [0.717, 1.165) is 5.56 Å². The van der Waals surface area contributed by atoms with Crippen LogP contribution in [0.2, 0.25) is 0 Å². The first kappa shape index (κ1) is 17.8. The summed E-state index contributed by atoms with van der Waals surface area (Å²) in [6, 6.07) is 5.59. The zero-order valence-corrected chi connectivity index (χ0v) is 14.5. The summed E-state index contributed by atoms with van der Waals surface area (Å²) in [7, 11) is 0. The normalized spacial score (nSPS) is 32.8. The van der Waals surface area contributed by atoms with Gasteiger partial charge in [-0.15, -0.1) is 0 Å². The van der Waals surface area contributed by atoms with E-state index in [-0.39, 0.29) is 6.42 Å². The Morgan fingerprint density at radius 1 is 1.28 bits per heavy atom. The lowest BCUT2D eigenvalue weighted by atomic mass is 9.50. The van der Waals surface area contributed by atoms with Gasteiger partial charge < -0.3 is 0 Å². The van der Waals surface area contributed by atoms with Crippen molar-refractivity contribution in [1.82, 2.24) is 0 Å². The van der Waals surface area contributed by atoms with Crippen LogP contribution in [0.3, 0.4) is 0 Å². The third-order valence-electron chi connectivity index (χ3n) is 6.59. The molecule has 0 N–H and O–H groups in total. The van der Waals surface area contributed by atoms with Gasteiger partial charge in [0.25, 0.3) is 5.92 Å². The maximum Gasteiger partial charge on any atom is 0.284 e. The zero-order chi connectivity index (χ0) is 18.5. The van der Waals surface area contributed by atoms with Crippen molar-refractivity contribution < 1.29 is 13.2 Å². The quantitative estimate of drug-likeness (QED) is 0.626. The smallest absolute Gasteiger partial charge is 0.240 e. The van der Waals surface area contributed by atoms with Gasteiger partial charge in [0.15, 0.2) is 6.17 Å². The van der Waals surface area contributed by atoms with E-state index in [4.69, 9.17) is 6.57 Å². The second-order valence-corrected chi connectivity index (χ2v) is 7.90. The highest BCUT2D eigenvalue weighted by Crippen LogP contribution is 2.65. The Balaban J connectivity index is 1.88. The maximum atomic E-state index is 14.8. The molecule has 1 aromatic carbocycles. The summed E-state index contributed by atoms with van der Waals surface area (Å²) in [5.41, 5.74) is -0.272. The van der Waals surface area contributed by atoms with Gasteiger partial charge in [-0.05, 0) is 56.6 Å². The lowest BCUT2D eigenvalue weighted by molar-refractivity contribution is -0.264. The molecule has 0 spiro atoms. The predicted octanol–water partition coefficient (Wildman–Crippen LogP) is 5.90. The molecule has 3 aliphatic rings. The molecule has 3 saturated carbocycles. The molecule has 5 heteroatoms. The van der Waals surface area contributed by atoms with Crippen LogP contribution in [-0.2, 0) is 6.42 Å². The Morgan fingerprint density at radius 3 is 2.48 bits per heavy atom. The Labute approximate surface area is 146 Å². The molecule has 0 saturated heterocycles. The molecular formula is C20H21F3N2. The van der Waals surface area contributed by atoms with Crippen LogP contribution in [0.25, 0.3) is 4.85 Å². The fourth-order valence-electron chi connectivity index (χ4n) is 4.55. The first-order valence-corrected chi connectivity index (χ1v) is 8.63. The van der Waals surface area contributed by atoms with Crippen molar-refractivity contribution in [1.29, 1.82) is 5.26 Å². The van der Waals surface area contributed by atoms with E-state index in [1.165, 1.54) is 6.92 Å². The second kappa shape index (κ2) is 5.77. The number of nitrogens with zero attached hydrogens (tertiary/aromatic N) is 2. The van der Waals surface area contributed by atoms with Gasteiger partial charge in [0.1, 0.15) is 0 Å². The van der Waals surface area contributed by atoms with Gasteiger partial charge >= 0.3 is 0 Å². The molecule has 132 valence electrons. The van der Waals surface area contributed by atoms with Gasteiger partial charge in [-0.2, -0.15) is 5.26 Å². The molecule has 0 aromatic heterocycles. The largest absolute Gasteiger partial charge is 0.284 e. The third-order valence-corrected chi connectivity index (χ3v) is 6.59. The molecule has 25 heavy (non-hydrogen) atoms. The molecule has 4 rings (SSSR count). The molecule has 3 aliphatic carbocycles. The summed E-state index contributed by atoms with van der Waals surface area (Å²) in [5.74, 6) is -3.30. The number of hydrogen-bond acceptors (Lipinski definition) is 1. The lowest BCUT2D eigenvalue weighted by Gasteiger charge is -2.58. The van der Waals surface area contributed by atoms with Crippen molar-refractivity contribution >= 4 is 5.69 Å². The van der Waals surface area contributed by atoms with Gasteiger partial charge in [-0.25, -0.2) is 18.0 Å². The number of fused-ring (bicyclic) bond motifs is 3. The molecule has 1 unspecified atom stereocenters. The molecule has 2 bridgehead atoms. The SMILES string of the molecule is [C-]#[N+]c1c(C)ccc(CCC23CCC(C)(CC2)C(F)(F)C3F)c1C#N. The van der Waals surface area contributed by atoms with Crippen LogP contribution in [0.1, 0.15) is 55.7 Å². The van der Waals surface area contributed by atoms with Crippen LogP contribution in [0, 0.1) is 35.7 Å². The second-order valence-electron chi connectivity index (χ2n) is 7.90. The van der Waals surface area contributed by atoms with E-state index in [9.17, 15) is 18.4 Å². The fraction of sp³-hybridized carbons (Fsp3) is 0.600. The van der Waals surface area contributed by atoms with E-state index in [0.29, 0.717) is 48.9 Å². The number of hydrogen-bond donors (Lipinski definition) is 0. The standard InChI is InChI=1S/C20H21F3N2/c1-13-4-5-14(15(12-24)16(13)25-3)6-7-19-10-8-18(2,9-11-19)20(22,23)17(19)21/h4-5,17H,6-11H2,1-2H3. The first-order chi connectivity index (χ1) is 11.7. The van der Waals surface area contributed by atoms with Crippen LogP contribution in [0.5, 0.6) is 0 Å².